The van der Waals surface area contributed by atoms with Crippen LogP contribution in [0, 0.1) is 18.7 Å². The number of amides is 3. The number of anilines is 3. The van der Waals surface area contributed by atoms with E-state index < -0.39 is 51.3 Å². The van der Waals surface area contributed by atoms with Crippen molar-refractivity contribution in [2.75, 3.05) is 16.0 Å². The van der Waals surface area contributed by atoms with E-state index in [1.165, 1.54) is 31.2 Å². The molecule has 1 saturated carbocycles. The van der Waals surface area contributed by atoms with Gasteiger partial charge in [-0.15, -0.1) is 23.2 Å². The van der Waals surface area contributed by atoms with Gasteiger partial charge < -0.3 is 16.0 Å². The molecule has 0 bridgehead atoms. The number of aryl methyl sites for hydroxylation is 1. The lowest BCUT2D eigenvalue weighted by Gasteiger charge is -2.15. The summed E-state index contributed by atoms with van der Waals surface area (Å²) < 4.78 is 39.6. The highest BCUT2D eigenvalue weighted by atomic mass is 35.5. The van der Waals surface area contributed by atoms with E-state index in [1.54, 1.807) is 18.2 Å². The van der Waals surface area contributed by atoms with Gasteiger partial charge in [0.2, 0.25) is 5.91 Å². The van der Waals surface area contributed by atoms with Gasteiger partial charge >= 0.3 is 5.92 Å². The van der Waals surface area contributed by atoms with Gasteiger partial charge in [-0.05, 0) is 60.5 Å². The second kappa shape index (κ2) is 11.5. The van der Waals surface area contributed by atoms with Crippen LogP contribution in [0.15, 0.2) is 48.5 Å². The van der Waals surface area contributed by atoms with Gasteiger partial charge in [0, 0.05) is 24.2 Å². The van der Waals surface area contributed by atoms with Crippen LogP contribution in [0.2, 0.25) is 15.1 Å². The van der Waals surface area contributed by atoms with Crippen LogP contribution in [0.3, 0.4) is 0 Å². The maximum absolute atomic E-state index is 14.6. The molecule has 6 nitrogen and oxygen atoms in total. The maximum Gasteiger partial charge on any atom is 0.322 e. The predicted molar refractivity (Wildman–Crippen MR) is 156 cm³/mol. The van der Waals surface area contributed by atoms with Gasteiger partial charge in [-0.2, -0.15) is 8.78 Å². The van der Waals surface area contributed by atoms with Gasteiger partial charge in [0.25, 0.3) is 11.8 Å². The number of benzene rings is 3. The van der Waals surface area contributed by atoms with E-state index in [9.17, 15) is 27.6 Å². The fourth-order valence-corrected chi connectivity index (χ4v) is 5.50. The van der Waals surface area contributed by atoms with Crippen LogP contribution in [0.4, 0.5) is 30.2 Å². The molecule has 4 rings (SSSR count). The summed E-state index contributed by atoms with van der Waals surface area (Å²) >= 11 is 31.0. The van der Waals surface area contributed by atoms with Gasteiger partial charge in [-0.1, -0.05) is 40.9 Å². The Hall–Kier alpha value is -2.69. The summed E-state index contributed by atoms with van der Waals surface area (Å²) in [5, 5.41) is 7.59. The number of rotatable bonds is 7. The topological polar surface area (TPSA) is 87.3 Å². The summed E-state index contributed by atoms with van der Waals surface area (Å²) in [4.78, 5) is 37.6. The Morgan fingerprint density at radius 1 is 0.854 bits per heavy atom. The number of carbonyl (C=O) groups is 3. The monoisotopic (exact) mass is 665 g/mol. The first kappa shape index (κ1) is 31.3. The summed E-state index contributed by atoms with van der Waals surface area (Å²) in [6, 6.07) is 11.1. The molecule has 1 fully saturated rings. The van der Waals surface area contributed by atoms with Crippen LogP contribution >= 0.6 is 58.0 Å². The van der Waals surface area contributed by atoms with Gasteiger partial charge in [0.15, 0.2) is 0 Å². The van der Waals surface area contributed by atoms with Crippen LogP contribution in [-0.4, -0.2) is 28.0 Å². The Bertz CT molecular complexity index is 1560. The Labute approximate surface area is 257 Å². The zero-order chi connectivity index (χ0) is 30.4. The quantitative estimate of drug-likeness (QED) is 0.221. The molecule has 3 N–H and O–H groups in total. The molecule has 1 aliphatic rings. The van der Waals surface area contributed by atoms with Gasteiger partial charge in [-0.25, -0.2) is 4.39 Å². The van der Waals surface area contributed by atoms with Crippen molar-refractivity contribution in [1.29, 1.82) is 0 Å². The zero-order valence-corrected chi connectivity index (χ0v) is 24.8. The van der Waals surface area contributed by atoms with Crippen molar-refractivity contribution in [2.24, 2.45) is 5.92 Å². The van der Waals surface area contributed by atoms with E-state index in [-0.39, 0.29) is 32.5 Å². The van der Waals surface area contributed by atoms with Gasteiger partial charge in [0.05, 0.1) is 32.2 Å². The minimum absolute atomic E-state index is 0.0240. The van der Waals surface area contributed by atoms with Crippen molar-refractivity contribution >= 4 is 92.8 Å². The standard InChI is InChI=1S/C27H19Cl5F3N3O3/c1-11-7-14(10-19(33)22(11)38-25(41)26(2,34)35)37-23(39)15-9-13(4-6-16(15)28)36-24(40)21-20(27(21,31)32)12-3-5-17(29)18(30)8-12/h3-10,20-21H,1-2H3,(H,36,40)(H,37,39)(H,38,41). The number of carbonyl (C=O) groups excluding carboxylic acids is 3. The Morgan fingerprint density at radius 2 is 1.51 bits per heavy atom. The summed E-state index contributed by atoms with van der Waals surface area (Å²) in [6.07, 6.45) is 0. The third-order valence-electron chi connectivity index (χ3n) is 6.30. The zero-order valence-electron chi connectivity index (χ0n) is 21.0. The molecule has 41 heavy (non-hydrogen) atoms. The lowest BCUT2D eigenvalue weighted by atomic mass is 10.1. The molecular weight excluding hydrogens is 649 g/mol. The highest BCUT2D eigenvalue weighted by molar-refractivity contribution is 6.53. The number of hydrogen-bond donors (Lipinski definition) is 3. The second-order valence-electron chi connectivity index (χ2n) is 9.43. The third-order valence-corrected chi connectivity index (χ3v) is 8.31. The van der Waals surface area contributed by atoms with Crippen molar-refractivity contribution in [1.82, 2.24) is 0 Å². The molecule has 1 aliphatic carbocycles. The van der Waals surface area contributed by atoms with E-state index in [2.05, 4.69) is 10.6 Å². The Morgan fingerprint density at radius 3 is 2.12 bits per heavy atom. The first-order chi connectivity index (χ1) is 19.0. The van der Waals surface area contributed by atoms with E-state index in [4.69, 9.17) is 58.0 Å². The molecule has 14 heteroatoms. The molecule has 0 aromatic heterocycles. The molecule has 3 aromatic carbocycles. The average molecular weight is 668 g/mol. The third kappa shape index (κ3) is 6.70. The van der Waals surface area contributed by atoms with Crippen molar-refractivity contribution < 1.29 is 27.6 Å². The molecule has 2 unspecified atom stereocenters. The van der Waals surface area contributed by atoms with E-state index in [1.807, 2.05) is 5.32 Å². The molecule has 0 radical (unpaired) electrons. The summed E-state index contributed by atoms with van der Waals surface area (Å²) in [5.74, 6) is -9.13. The molecular formula is C27H19Cl5F3N3O3. The van der Waals surface area contributed by atoms with E-state index in [0.29, 0.717) is 17.5 Å². The highest BCUT2D eigenvalue weighted by Crippen LogP contribution is 2.65. The molecule has 3 aromatic rings. The largest absolute Gasteiger partial charge is 0.326 e. The van der Waals surface area contributed by atoms with Crippen LogP contribution < -0.4 is 16.0 Å². The molecule has 0 aliphatic heterocycles. The van der Waals surface area contributed by atoms with Crippen molar-refractivity contribution in [3.63, 3.8) is 0 Å². The van der Waals surface area contributed by atoms with Crippen LogP contribution in [0.1, 0.15) is 34.3 Å². The first-order valence-corrected chi connectivity index (χ1v) is 13.6. The lowest BCUT2D eigenvalue weighted by molar-refractivity contribution is -0.137. The van der Waals surface area contributed by atoms with E-state index in [0.717, 1.165) is 6.07 Å². The highest BCUT2D eigenvalue weighted by Gasteiger charge is 2.67. The number of nitrogens with one attached hydrogen (secondary N) is 3. The van der Waals surface area contributed by atoms with Gasteiger partial charge in [-0.3, -0.25) is 14.4 Å². The number of halogens is 8. The molecule has 0 spiro atoms. The SMILES string of the molecule is Cc1cc(NC(=O)c2cc(NC(=O)C3C(c4ccc(Cl)c(Cl)c4)C3(Cl)Cl)ccc2Cl)cc(F)c1NC(=O)C(C)(F)F. The molecule has 2 atom stereocenters. The van der Waals surface area contributed by atoms with Crippen LogP contribution in [0.25, 0.3) is 0 Å². The minimum atomic E-state index is -3.72. The maximum atomic E-state index is 14.6. The minimum Gasteiger partial charge on any atom is -0.326 e. The molecule has 3 amide bonds. The number of alkyl halides is 4. The van der Waals surface area contributed by atoms with Crippen molar-refractivity contribution in [2.45, 2.75) is 30.0 Å². The first-order valence-electron chi connectivity index (χ1n) is 11.7. The molecule has 0 heterocycles. The fourth-order valence-electron chi connectivity index (χ4n) is 4.17. The fraction of sp³-hybridized carbons (Fsp3) is 0.222. The van der Waals surface area contributed by atoms with Crippen LogP contribution in [0.5, 0.6) is 0 Å². The summed E-state index contributed by atoms with van der Waals surface area (Å²) in [5.41, 5.74) is 0.355. The molecule has 216 valence electrons. The lowest BCUT2D eigenvalue weighted by Crippen LogP contribution is -2.31. The summed E-state index contributed by atoms with van der Waals surface area (Å²) in [6.45, 7) is 1.74. The Kier molecular flexibility index (Phi) is 8.79. The van der Waals surface area contributed by atoms with Crippen LogP contribution in [-0.2, 0) is 9.59 Å². The second-order valence-corrected chi connectivity index (χ2v) is 12.1. The van der Waals surface area contributed by atoms with Gasteiger partial charge in [0.1, 0.15) is 10.2 Å². The normalized spacial score (nSPS) is 17.5. The smallest absolute Gasteiger partial charge is 0.322 e. The molecule has 0 saturated heterocycles. The average Bonchev–Trinajstić information content (AvgIpc) is 3.45. The number of hydrogen-bond acceptors (Lipinski definition) is 3. The Balaban J connectivity index is 1.49. The predicted octanol–water partition coefficient (Wildman–Crippen LogP) is 8.47. The van der Waals surface area contributed by atoms with E-state index >= 15 is 0 Å². The van der Waals surface area contributed by atoms with Crippen molar-refractivity contribution in [3.8, 4) is 0 Å². The van der Waals surface area contributed by atoms with Crippen molar-refractivity contribution in [3.05, 3.63) is 86.1 Å². The summed E-state index contributed by atoms with van der Waals surface area (Å²) in [7, 11) is 0.